The van der Waals surface area contributed by atoms with E-state index >= 15 is 0 Å². The molecule has 21 heavy (non-hydrogen) atoms. The van der Waals surface area contributed by atoms with Gasteiger partial charge in [-0.05, 0) is 24.3 Å². The molecular formula is C14H18N2O4S. The molecule has 7 heteroatoms. The molecule has 0 unspecified atom stereocenters. The van der Waals surface area contributed by atoms with Crippen LogP contribution in [0.3, 0.4) is 0 Å². The molecule has 0 bridgehead atoms. The van der Waals surface area contributed by atoms with E-state index in [0.29, 0.717) is 12.2 Å². The monoisotopic (exact) mass is 310 g/mol. The first-order chi connectivity index (χ1) is 9.85. The maximum Gasteiger partial charge on any atom is 0.221 e. The van der Waals surface area contributed by atoms with Gasteiger partial charge in [-0.1, -0.05) is 6.08 Å². The van der Waals surface area contributed by atoms with Crippen LogP contribution in [0.5, 0.6) is 0 Å². The highest BCUT2D eigenvalue weighted by atomic mass is 32.2. The van der Waals surface area contributed by atoms with Gasteiger partial charge in [-0.2, -0.15) is 0 Å². The van der Waals surface area contributed by atoms with Crippen LogP contribution >= 0.6 is 0 Å². The highest BCUT2D eigenvalue weighted by Crippen LogP contribution is 2.16. The fraction of sp³-hybridized carbons (Fsp3) is 0.286. The summed E-state index contributed by atoms with van der Waals surface area (Å²) < 4.78 is 24.1. The number of hydrogen-bond donors (Lipinski definition) is 2. The SMILES string of the molecule is C=CCNC(=O)CCS(=O)(=O)c1ccc(NC(C)=O)cc1. The minimum atomic E-state index is -3.52. The van der Waals surface area contributed by atoms with Gasteiger partial charge in [0, 0.05) is 25.6 Å². The fourth-order valence-corrected chi connectivity index (χ4v) is 2.81. The number of anilines is 1. The molecule has 0 heterocycles. The average molecular weight is 310 g/mol. The Morgan fingerprint density at radius 1 is 1.24 bits per heavy atom. The zero-order valence-electron chi connectivity index (χ0n) is 11.8. The van der Waals surface area contributed by atoms with E-state index in [1.54, 1.807) is 0 Å². The van der Waals surface area contributed by atoms with E-state index in [4.69, 9.17) is 0 Å². The van der Waals surface area contributed by atoms with Crippen molar-refractivity contribution in [3.8, 4) is 0 Å². The van der Waals surface area contributed by atoms with Gasteiger partial charge in [0.2, 0.25) is 11.8 Å². The Hall–Kier alpha value is -2.15. The molecule has 2 N–H and O–H groups in total. The lowest BCUT2D eigenvalue weighted by Gasteiger charge is -2.06. The largest absolute Gasteiger partial charge is 0.353 e. The molecule has 0 aliphatic heterocycles. The average Bonchev–Trinajstić information content (AvgIpc) is 2.43. The predicted octanol–water partition coefficient (Wildman–Crippen LogP) is 1.11. The summed E-state index contributed by atoms with van der Waals surface area (Å²) in [5.74, 6) is -0.840. The van der Waals surface area contributed by atoms with Crippen molar-refractivity contribution in [2.24, 2.45) is 0 Å². The van der Waals surface area contributed by atoms with Crippen molar-refractivity contribution in [1.29, 1.82) is 0 Å². The second-order valence-corrected chi connectivity index (χ2v) is 6.48. The lowest BCUT2D eigenvalue weighted by atomic mass is 10.3. The molecule has 6 nitrogen and oxygen atoms in total. The first-order valence-electron chi connectivity index (χ1n) is 6.33. The zero-order chi connectivity index (χ0) is 15.9. The summed E-state index contributed by atoms with van der Waals surface area (Å²) in [4.78, 5) is 22.4. The number of hydrogen-bond acceptors (Lipinski definition) is 4. The van der Waals surface area contributed by atoms with Crippen LogP contribution in [0.15, 0.2) is 41.8 Å². The van der Waals surface area contributed by atoms with Gasteiger partial charge < -0.3 is 10.6 Å². The van der Waals surface area contributed by atoms with Crippen LogP contribution in [0.25, 0.3) is 0 Å². The molecular weight excluding hydrogens is 292 g/mol. The molecule has 0 aliphatic rings. The Kier molecular flexibility index (Phi) is 6.10. The van der Waals surface area contributed by atoms with Crippen LogP contribution in [-0.2, 0) is 19.4 Å². The first-order valence-corrected chi connectivity index (χ1v) is 7.98. The summed E-state index contributed by atoms with van der Waals surface area (Å²) in [6.07, 6.45) is 1.41. The standard InChI is InChI=1S/C14H18N2O4S/c1-3-9-15-14(18)8-10-21(19,20)13-6-4-12(5-7-13)16-11(2)17/h3-7H,1,8-10H2,2H3,(H,15,18)(H,16,17). The molecule has 0 fully saturated rings. The highest BCUT2D eigenvalue weighted by molar-refractivity contribution is 7.91. The molecule has 0 spiro atoms. The Bertz CT molecular complexity index is 621. The Morgan fingerprint density at radius 2 is 1.86 bits per heavy atom. The Morgan fingerprint density at radius 3 is 2.38 bits per heavy atom. The summed E-state index contributed by atoms with van der Waals surface area (Å²) >= 11 is 0. The van der Waals surface area contributed by atoms with Gasteiger partial charge in [-0.25, -0.2) is 8.42 Å². The third-order valence-electron chi connectivity index (χ3n) is 2.58. The minimum absolute atomic E-state index is 0.108. The number of amides is 2. The number of carbonyl (C=O) groups is 2. The van der Waals surface area contributed by atoms with Crippen LogP contribution in [-0.4, -0.2) is 32.5 Å². The molecule has 0 aromatic heterocycles. The smallest absolute Gasteiger partial charge is 0.221 e. The van der Waals surface area contributed by atoms with Gasteiger partial charge in [0.25, 0.3) is 0 Å². The molecule has 0 saturated heterocycles. The van der Waals surface area contributed by atoms with Gasteiger partial charge >= 0.3 is 0 Å². The van der Waals surface area contributed by atoms with Crippen LogP contribution < -0.4 is 10.6 Å². The molecule has 1 aromatic carbocycles. The summed E-state index contributed by atoms with van der Waals surface area (Å²) in [6.45, 7) is 5.13. The fourth-order valence-electron chi connectivity index (χ4n) is 1.57. The molecule has 0 atom stereocenters. The molecule has 2 amide bonds. The van der Waals surface area contributed by atoms with Gasteiger partial charge in [0.15, 0.2) is 9.84 Å². The van der Waals surface area contributed by atoms with Crippen molar-refractivity contribution in [1.82, 2.24) is 5.32 Å². The maximum absolute atomic E-state index is 12.1. The van der Waals surface area contributed by atoms with Crippen molar-refractivity contribution in [3.05, 3.63) is 36.9 Å². The van der Waals surface area contributed by atoms with E-state index in [9.17, 15) is 18.0 Å². The summed E-state index contributed by atoms with van der Waals surface area (Å²) in [5, 5.41) is 5.07. The predicted molar refractivity (Wildman–Crippen MR) is 80.6 cm³/mol. The summed E-state index contributed by atoms with van der Waals surface area (Å²) in [5.41, 5.74) is 0.519. The van der Waals surface area contributed by atoms with E-state index in [-0.39, 0.29) is 28.9 Å². The van der Waals surface area contributed by atoms with Crippen LogP contribution in [0, 0.1) is 0 Å². The Labute approximate surface area is 124 Å². The number of sulfone groups is 1. The van der Waals surface area contributed by atoms with Crippen molar-refractivity contribution in [2.45, 2.75) is 18.2 Å². The second kappa shape index (κ2) is 7.58. The molecule has 0 saturated carbocycles. The van der Waals surface area contributed by atoms with Crippen molar-refractivity contribution >= 4 is 27.3 Å². The molecule has 1 rings (SSSR count). The van der Waals surface area contributed by atoms with E-state index in [1.165, 1.54) is 37.3 Å². The Balaban J connectivity index is 2.67. The summed E-state index contributed by atoms with van der Waals surface area (Å²) in [6, 6.07) is 5.82. The van der Waals surface area contributed by atoms with Gasteiger partial charge in [-0.3, -0.25) is 9.59 Å². The van der Waals surface area contributed by atoms with E-state index in [2.05, 4.69) is 17.2 Å². The van der Waals surface area contributed by atoms with Gasteiger partial charge in [-0.15, -0.1) is 6.58 Å². The minimum Gasteiger partial charge on any atom is -0.353 e. The highest BCUT2D eigenvalue weighted by Gasteiger charge is 2.16. The van der Waals surface area contributed by atoms with Crippen molar-refractivity contribution in [3.63, 3.8) is 0 Å². The lowest BCUT2D eigenvalue weighted by molar-refractivity contribution is -0.120. The normalized spacial score (nSPS) is 10.7. The first kappa shape index (κ1) is 16.9. The molecule has 0 aliphatic carbocycles. The van der Waals surface area contributed by atoms with Crippen LogP contribution in [0.1, 0.15) is 13.3 Å². The third kappa shape index (κ3) is 5.78. The quantitative estimate of drug-likeness (QED) is 0.738. The number of nitrogens with one attached hydrogen (secondary N) is 2. The lowest BCUT2D eigenvalue weighted by Crippen LogP contribution is -2.25. The number of carbonyl (C=O) groups excluding carboxylic acids is 2. The molecule has 1 aromatic rings. The van der Waals surface area contributed by atoms with Crippen molar-refractivity contribution < 1.29 is 18.0 Å². The van der Waals surface area contributed by atoms with Gasteiger partial charge in [0.1, 0.15) is 0 Å². The second-order valence-electron chi connectivity index (χ2n) is 4.37. The van der Waals surface area contributed by atoms with E-state index < -0.39 is 9.84 Å². The third-order valence-corrected chi connectivity index (χ3v) is 4.31. The van der Waals surface area contributed by atoms with Crippen LogP contribution in [0.2, 0.25) is 0 Å². The van der Waals surface area contributed by atoms with E-state index in [1.807, 2.05) is 0 Å². The summed E-state index contributed by atoms with van der Waals surface area (Å²) in [7, 11) is -3.52. The number of benzene rings is 1. The van der Waals surface area contributed by atoms with Gasteiger partial charge in [0.05, 0.1) is 10.6 Å². The topological polar surface area (TPSA) is 92.3 Å². The van der Waals surface area contributed by atoms with E-state index in [0.717, 1.165) is 0 Å². The maximum atomic E-state index is 12.1. The van der Waals surface area contributed by atoms with Crippen LogP contribution in [0.4, 0.5) is 5.69 Å². The molecule has 114 valence electrons. The number of rotatable bonds is 7. The zero-order valence-corrected chi connectivity index (χ0v) is 12.6. The van der Waals surface area contributed by atoms with Crippen molar-refractivity contribution in [2.75, 3.05) is 17.6 Å². The molecule has 0 radical (unpaired) electrons.